The average Bonchev–Trinajstić information content (AvgIpc) is 2.95. The van der Waals surface area contributed by atoms with Crippen molar-refractivity contribution in [2.24, 2.45) is 0 Å². The number of hydrogen-bond acceptors (Lipinski definition) is 7. The fourth-order valence-corrected chi connectivity index (χ4v) is 3.88. The number of ether oxygens (including phenoxy) is 1. The first kappa shape index (κ1) is 21.3. The van der Waals surface area contributed by atoms with Crippen LogP contribution in [-0.4, -0.2) is 50.9 Å². The Labute approximate surface area is 181 Å². The Kier molecular flexibility index (Phi) is 6.38. The first-order valence-electron chi connectivity index (χ1n) is 8.54. The molecule has 2 aromatic carbocycles. The molecule has 0 aromatic heterocycles. The number of carbonyl (C=O) groups excluding carboxylic acids is 2. The summed E-state index contributed by atoms with van der Waals surface area (Å²) in [5, 5.41) is 21.1. The Bertz CT molecular complexity index is 1070. The standard InChI is InChI=1S/C20H16N2O6S2/c1-28-13-5-2-11(3-6-13)8-16-18(25)22(20(29)30-16)10-17(24)21-12-4-7-14(19(26)27)15(23)9-12/h2-9,23H,10H2,1H3,(H,21,24)(H,26,27)/b16-8-. The van der Waals surface area contributed by atoms with E-state index in [4.69, 9.17) is 22.1 Å². The molecule has 2 aromatic rings. The summed E-state index contributed by atoms with van der Waals surface area (Å²) in [6, 6.07) is 10.8. The maximum Gasteiger partial charge on any atom is 0.339 e. The number of nitrogens with one attached hydrogen (secondary N) is 1. The summed E-state index contributed by atoms with van der Waals surface area (Å²) in [7, 11) is 1.56. The Hall–Kier alpha value is -3.37. The lowest BCUT2D eigenvalue weighted by Crippen LogP contribution is -2.36. The highest BCUT2D eigenvalue weighted by Crippen LogP contribution is 2.32. The van der Waals surface area contributed by atoms with Crippen LogP contribution in [0.1, 0.15) is 15.9 Å². The second kappa shape index (κ2) is 8.97. The van der Waals surface area contributed by atoms with Crippen LogP contribution in [-0.2, 0) is 9.59 Å². The van der Waals surface area contributed by atoms with Gasteiger partial charge in [0.25, 0.3) is 5.91 Å². The summed E-state index contributed by atoms with van der Waals surface area (Å²) >= 11 is 6.32. The number of aromatic carboxylic acids is 1. The maximum absolute atomic E-state index is 12.6. The van der Waals surface area contributed by atoms with Crippen LogP contribution < -0.4 is 10.1 Å². The van der Waals surface area contributed by atoms with Gasteiger partial charge < -0.3 is 20.3 Å². The van der Waals surface area contributed by atoms with Gasteiger partial charge in [-0.2, -0.15) is 0 Å². The molecule has 0 bridgehead atoms. The topological polar surface area (TPSA) is 116 Å². The molecule has 0 radical (unpaired) electrons. The monoisotopic (exact) mass is 444 g/mol. The lowest BCUT2D eigenvalue weighted by atomic mass is 10.2. The summed E-state index contributed by atoms with van der Waals surface area (Å²) in [5.41, 5.74) is 0.699. The third-order valence-corrected chi connectivity index (χ3v) is 5.48. The molecule has 3 rings (SSSR count). The SMILES string of the molecule is COc1ccc(/C=C2\SC(=S)N(CC(=O)Nc3ccc(C(=O)O)c(O)c3)C2=O)cc1. The van der Waals surface area contributed by atoms with Crippen molar-refractivity contribution in [1.29, 1.82) is 0 Å². The molecule has 154 valence electrons. The summed E-state index contributed by atoms with van der Waals surface area (Å²) in [6.07, 6.45) is 1.68. The van der Waals surface area contributed by atoms with E-state index in [1.807, 2.05) is 0 Å². The van der Waals surface area contributed by atoms with Crippen LogP contribution in [0.3, 0.4) is 0 Å². The summed E-state index contributed by atoms with van der Waals surface area (Å²) in [4.78, 5) is 37.5. The molecule has 0 atom stereocenters. The third-order valence-electron chi connectivity index (χ3n) is 4.10. The molecule has 8 nitrogen and oxygen atoms in total. The average molecular weight is 444 g/mol. The van der Waals surface area contributed by atoms with E-state index in [1.54, 1.807) is 37.5 Å². The number of thiocarbonyl (C=S) groups is 1. The van der Waals surface area contributed by atoms with Gasteiger partial charge in [-0.1, -0.05) is 36.1 Å². The van der Waals surface area contributed by atoms with Crippen LogP contribution in [0.5, 0.6) is 11.5 Å². The fourth-order valence-electron chi connectivity index (χ4n) is 2.62. The van der Waals surface area contributed by atoms with Gasteiger partial charge in [-0.3, -0.25) is 14.5 Å². The molecule has 1 aliphatic heterocycles. The number of nitrogens with zero attached hydrogens (tertiary/aromatic N) is 1. The molecular formula is C20H16N2O6S2. The van der Waals surface area contributed by atoms with Gasteiger partial charge in [-0.15, -0.1) is 0 Å². The zero-order valence-electron chi connectivity index (χ0n) is 15.6. The van der Waals surface area contributed by atoms with Crippen LogP contribution in [0.4, 0.5) is 5.69 Å². The molecular weight excluding hydrogens is 428 g/mol. The fraction of sp³-hybridized carbons (Fsp3) is 0.100. The number of phenols is 1. The van der Waals surface area contributed by atoms with Crippen molar-refractivity contribution in [1.82, 2.24) is 4.90 Å². The molecule has 10 heteroatoms. The molecule has 3 N–H and O–H groups in total. The zero-order valence-corrected chi connectivity index (χ0v) is 17.3. The number of carboxylic acids is 1. The first-order chi connectivity index (χ1) is 14.3. The molecule has 1 aliphatic rings. The van der Waals surface area contributed by atoms with Crippen molar-refractivity contribution in [3.05, 3.63) is 58.5 Å². The van der Waals surface area contributed by atoms with Crippen molar-refractivity contribution in [3.63, 3.8) is 0 Å². The number of amides is 2. The lowest BCUT2D eigenvalue weighted by Gasteiger charge is -2.14. The van der Waals surface area contributed by atoms with Crippen LogP contribution in [0.15, 0.2) is 47.4 Å². The van der Waals surface area contributed by atoms with Gasteiger partial charge in [0.05, 0.1) is 12.0 Å². The second-order valence-corrected chi connectivity index (χ2v) is 7.80. The molecule has 1 saturated heterocycles. The number of thioether (sulfide) groups is 1. The van der Waals surface area contributed by atoms with E-state index in [-0.39, 0.29) is 28.0 Å². The Morgan fingerprint density at radius 2 is 1.93 bits per heavy atom. The molecule has 2 amide bonds. The van der Waals surface area contributed by atoms with Crippen molar-refractivity contribution in [2.75, 3.05) is 19.0 Å². The van der Waals surface area contributed by atoms with E-state index < -0.39 is 17.6 Å². The minimum absolute atomic E-state index is 0.196. The smallest absolute Gasteiger partial charge is 0.339 e. The molecule has 1 heterocycles. The van der Waals surface area contributed by atoms with E-state index in [9.17, 15) is 19.5 Å². The van der Waals surface area contributed by atoms with E-state index in [2.05, 4.69) is 5.32 Å². The van der Waals surface area contributed by atoms with E-state index >= 15 is 0 Å². The van der Waals surface area contributed by atoms with Gasteiger partial charge >= 0.3 is 5.97 Å². The maximum atomic E-state index is 12.6. The Balaban J connectivity index is 1.67. The van der Waals surface area contributed by atoms with E-state index in [1.165, 1.54) is 17.0 Å². The van der Waals surface area contributed by atoms with Gasteiger partial charge in [0, 0.05) is 11.8 Å². The third kappa shape index (κ3) is 4.78. The highest BCUT2D eigenvalue weighted by molar-refractivity contribution is 8.26. The van der Waals surface area contributed by atoms with Crippen molar-refractivity contribution < 1.29 is 29.3 Å². The minimum Gasteiger partial charge on any atom is -0.507 e. The number of methoxy groups -OCH3 is 1. The molecule has 0 spiro atoms. The van der Waals surface area contributed by atoms with Crippen LogP contribution in [0, 0.1) is 0 Å². The predicted octanol–water partition coefficient (Wildman–Crippen LogP) is 2.94. The summed E-state index contributed by atoms with van der Waals surface area (Å²) in [5.74, 6) is -2.00. The predicted molar refractivity (Wildman–Crippen MR) is 117 cm³/mol. The summed E-state index contributed by atoms with van der Waals surface area (Å²) in [6.45, 7) is -0.313. The van der Waals surface area contributed by atoms with Gasteiger partial charge in [0.1, 0.15) is 27.9 Å². The lowest BCUT2D eigenvalue weighted by molar-refractivity contribution is -0.126. The van der Waals surface area contributed by atoms with Gasteiger partial charge in [-0.25, -0.2) is 4.79 Å². The van der Waals surface area contributed by atoms with Crippen molar-refractivity contribution >= 4 is 57.8 Å². The normalized spacial score (nSPS) is 14.8. The highest BCUT2D eigenvalue weighted by atomic mass is 32.2. The van der Waals surface area contributed by atoms with E-state index in [0.29, 0.717) is 10.7 Å². The van der Waals surface area contributed by atoms with Crippen molar-refractivity contribution in [2.45, 2.75) is 0 Å². The summed E-state index contributed by atoms with van der Waals surface area (Å²) < 4.78 is 5.35. The highest BCUT2D eigenvalue weighted by Gasteiger charge is 2.33. The minimum atomic E-state index is -1.29. The number of anilines is 1. The van der Waals surface area contributed by atoms with Gasteiger partial charge in [0.15, 0.2) is 0 Å². The van der Waals surface area contributed by atoms with E-state index in [0.717, 1.165) is 23.4 Å². The number of carbonyl (C=O) groups is 3. The molecule has 0 unspecified atom stereocenters. The van der Waals surface area contributed by atoms with Gasteiger partial charge in [-0.05, 0) is 35.9 Å². The zero-order chi connectivity index (χ0) is 21.8. The van der Waals surface area contributed by atoms with Crippen molar-refractivity contribution in [3.8, 4) is 11.5 Å². The van der Waals surface area contributed by atoms with Crippen LogP contribution >= 0.6 is 24.0 Å². The van der Waals surface area contributed by atoms with Crippen LogP contribution in [0.2, 0.25) is 0 Å². The number of rotatable bonds is 6. The largest absolute Gasteiger partial charge is 0.507 e. The quantitative estimate of drug-likeness (QED) is 0.460. The van der Waals surface area contributed by atoms with Gasteiger partial charge in [0.2, 0.25) is 5.91 Å². The number of aromatic hydroxyl groups is 1. The number of carboxylic acid groups (broad SMARTS) is 1. The molecule has 0 saturated carbocycles. The number of hydrogen-bond donors (Lipinski definition) is 3. The Morgan fingerprint density at radius 1 is 1.23 bits per heavy atom. The molecule has 30 heavy (non-hydrogen) atoms. The first-order valence-corrected chi connectivity index (χ1v) is 9.76. The molecule has 0 aliphatic carbocycles. The molecule has 1 fully saturated rings. The second-order valence-electron chi connectivity index (χ2n) is 6.13. The number of benzene rings is 2. The Morgan fingerprint density at radius 3 is 2.53 bits per heavy atom. The van der Waals surface area contributed by atoms with Crippen LogP contribution in [0.25, 0.3) is 6.08 Å².